The number of aliphatic hydroxyl groups excluding tert-OH is 1. The first-order chi connectivity index (χ1) is 34.6. The van der Waals surface area contributed by atoms with Gasteiger partial charge in [0.15, 0.2) is 6.10 Å². The summed E-state index contributed by atoms with van der Waals surface area (Å²) in [5.74, 6) is -0.612. The van der Waals surface area contributed by atoms with Crippen molar-refractivity contribution >= 4 is 11.9 Å². The summed E-state index contributed by atoms with van der Waals surface area (Å²) in [7, 11) is 0. The summed E-state index contributed by atoms with van der Waals surface area (Å²) in [6.07, 6.45) is 87.5. The highest BCUT2D eigenvalue weighted by molar-refractivity contribution is 5.70. The van der Waals surface area contributed by atoms with E-state index >= 15 is 0 Å². The Kier molecular flexibility index (Phi) is 56.5. The number of carbonyl (C=O) groups is 2. The van der Waals surface area contributed by atoms with E-state index in [0.29, 0.717) is 12.8 Å². The molecule has 0 spiro atoms. The van der Waals surface area contributed by atoms with Gasteiger partial charge in [0.2, 0.25) is 0 Å². The van der Waals surface area contributed by atoms with Crippen LogP contribution in [0.3, 0.4) is 0 Å². The normalized spacial score (nSPS) is 13.1. The minimum atomic E-state index is -0.787. The zero-order valence-electron chi connectivity index (χ0n) is 45.5. The van der Waals surface area contributed by atoms with Gasteiger partial charge in [-0.25, -0.2) is 0 Å². The maximum absolute atomic E-state index is 12.3. The predicted molar refractivity (Wildman–Crippen MR) is 306 cm³/mol. The lowest BCUT2D eigenvalue weighted by molar-refractivity contribution is -0.161. The van der Waals surface area contributed by atoms with Crippen LogP contribution in [0.2, 0.25) is 0 Å². The number of carbonyl (C=O) groups excluding carboxylic acids is 2. The van der Waals surface area contributed by atoms with Gasteiger partial charge in [0.1, 0.15) is 6.61 Å². The fourth-order valence-electron chi connectivity index (χ4n) is 7.96. The molecule has 0 saturated heterocycles. The summed E-state index contributed by atoms with van der Waals surface area (Å²) in [5.41, 5.74) is 0. The topological polar surface area (TPSA) is 72.8 Å². The van der Waals surface area contributed by atoms with Crippen molar-refractivity contribution in [2.24, 2.45) is 0 Å². The zero-order chi connectivity index (χ0) is 50.6. The molecule has 0 bridgehead atoms. The lowest BCUT2D eigenvalue weighted by Crippen LogP contribution is -2.28. The van der Waals surface area contributed by atoms with E-state index in [4.69, 9.17) is 9.47 Å². The summed E-state index contributed by atoms with van der Waals surface area (Å²) in [4.78, 5) is 24.5. The van der Waals surface area contributed by atoms with E-state index < -0.39 is 6.10 Å². The second kappa shape index (κ2) is 59.6. The fraction of sp³-hybridized carbons (Fsp3) is 0.662. The standard InChI is InChI=1S/C65H108O5/c1-3-5-7-9-11-13-15-17-19-21-23-25-26-27-28-29-30-31-32-33-34-35-36-37-38-40-42-44-46-48-50-52-54-56-58-60-65(68)70-63(61-66)62-69-64(67)59-57-55-53-51-49-47-45-43-41-39-24-22-20-18-16-14-12-10-8-6-4-2/h5-8,11-14,17-20,23-25,27-28,39,43,45,63,66H,3-4,9-10,15-16,21-22,26,29-38,40-42,44,46-62H2,1-2H3/b7-5-,8-6-,13-11-,14-12-,19-17-,20-18-,25-23-,28-27-,39-24-,45-43-. The molecular weight excluding hydrogens is 861 g/mol. The van der Waals surface area contributed by atoms with Crippen LogP contribution >= 0.6 is 0 Å². The Morgan fingerprint density at radius 1 is 0.329 bits per heavy atom. The Morgan fingerprint density at radius 3 is 0.857 bits per heavy atom. The SMILES string of the molecule is CC/C=C\C/C=C\C/C=C\C/C=C\C/C=C\CCCCCCCCCCCCCCCCCCCCCC(=O)OC(CO)COC(=O)CCCCCCC/C=C\C/C=C\C/C=C\C/C=C\C/C=C\CC. The van der Waals surface area contributed by atoms with Gasteiger partial charge in [0.25, 0.3) is 0 Å². The Morgan fingerprint density at radius 2 is 0.571 bits per heavy atom. The first kappa shape index (κ1) is 66.3. The molecule has 1 N–H and O–H groups in total. The van der Waals surface area contributed by atoms with Gasteiger partial charge in [0, 0.05) is 12.8 Å². The van der Waals surface area contributed by atoms with Crippen molar-refractivity contribution in [3.63, 3.8) is 0 Å². The third kappa shape index (κ3) is 56.9. The number of esters is 2. The smallest absolute Gasteiger partial charge is 0.306 e. The molecule has 0 radical (unpaired) electrons. The third-order valence-electron chi connectivity index (χ3n) is 12.3. The van der Waals surface area contributed by atoms with Crippen molar-refractivity contribution in [3.8, 4) is 0 Å². The second-order valence-electron chi connectivity index (χ2n) is 19.0. The largest absolute Gasteiger partial charge is 0.462 e. The van der Waals surface area contributed by atoms with Crippen LogP contribution in [0.5, 0.6) is 0 Å². The second-order valence-corrected chi connectivity index (χ2v) is 19.0. The number of hydrogen-bond donors (Lipinski definition) is 1. The van der Waals surface area contributed by atoms with E-state index in [2.05, 4.69) is 135 Å². The maximum Gasteiger partial charge on any atom is 0.306 e. The Labute approximate surface area is 433 Å². The van der Waals surface area contributed by atoms with E-state index in [1.54, 1.807) is 0 Å². The first-order valence-electron chi connectivity index (χ1n) is 29.1. The van der Waals surface area contributed by atoms with Crippen molar-refractivity contribution in [1.82, 2.24) is 0 Å². The maximum atomic E-state index is 12.3. The average Bonchev–Trinajstić information content (AvgIpc) is 3.36. The highest BCUT2D eigenvalue weighted by Crippen LogP contribution is 2.16. The Bertz CT molecular complexity index is 1420. The highest BCUT2D eigenvalue weighted by Gasteiger charge is 2.16. The van der Waals surface area contributed by atoms with E-state index in [9.17, 15) is 14.7 Å². The molecule has 0 heterocycles. The van der Waals surface area contributed by atoms with Crippen molar-refractivity contribution in [3.05, 3.63) is 122 Å². The molecule has 0 aliphatic heterocycles. The van der Waals surface area contributed by atoms with Crippen LogP contribution in [0.1, 0.15) is 258 Å². The van der Waals surface area contributed by atoms with Gasteiger partial charge in [-0.2, -0.15) is 0 Å². The molecule has 0 aliphatic carbocycles. The van der Waals surface area contributed by atoms with E-state index in [1.165, 1.54) is 109 Å². The van der Waals surface area contributed by atoms with Crippen LogP contribution in [-0.2, 0) is 19.1 Å². The molecule has 0 saturated carbocycles. The number of unbranched alkanes of at least 4 members (excludes halogenated alkanes) is 24. The van der Waals surface area contributed by atoms with Gasteiger partial charge >= 0.3 is 11.9 Å². The lowest BCUT2D eigenvalue weighted by Gasteiger charge is -2.15. The van der Waals surface area contributed by atoms with Crippen molar-refractivity contribution in [2.75, 3.05) is 13.2 Å². The molecule has 0 amide bonds. The van der Waals surface area contributed by atoms with Crippen LogP contribution in [0.25, 0.3) is 0 Å². The third-order valence-corrected chi connectivity index (χ3v) is 12.3. The summed E-state index contributed by atoms with van der Waals surface area (Å²) >= 11 is 0. The van der Waals surface area contributed by atoms with Crippen LogP contribution in [0.4, 0.5) is 0 Å². The molecule has 0 aliphatic rings. The van der Waals surface area contributed by atoms with Crippen molar-refractivity contribution in [1.29, 1.82) is 0 Å². The van der Waals surface area contributed by atoms with Crippen molar-refractivity contribution in [2.45, 2.75) is 264 Å². The highest BCUT2D eigenvalue weighted by atomic mass is 16.6. The van der Waals surface area contributed by atoms with Crippen LogP contribution in [0.15, 0.2) is 122 Å². The molecule has 1 atom stereocenters. The van der Waals surface area contributed by atoms with Gasteiger partial charge in [-0.15, -0.1) is 0 Å². The van der Waals surface area contributed by atoms with Gasteiger partial charge in [-0.05, 0) is 103 Å². The fourth-order valence-corrected chi connectivity index (χ4v) is 7.96. The summed E-state index contributed by atoms with van der Waals surface area (Å²) < 4.78 is 10.7. The summed E-state index contributed by atoms with van der Waals surface area (Å²) in [6.45, 7) is 3.91. The molecule has 0 rings (SSSR count). The Hall–Kier alpha value is -3.70. The monoisotopic (exact) mass is 969 g/mol. The number of ether oxygens (including phenoxy) is 2. The molecule has 0 aromatic heterocycles. The molecular formula is C65H108O5. The number of hydrogen-bond acceptors (Lipinski definition) is 5. The predicted octanol–water partition coefficient (Wildman–Crippen LogP) is 19.9. The number of allylic oxidation sites excluding steroid dienone is 20. The number of rotatable bonds is 52. The molecule has 5 heteroatoms. The molecule has 70 heavy (non-hydrogen) atoms. The molecule has 1 unspecified atom stereocenters. The lowest BCUT2D eigenvalue weighted by atomic mass is 10.0. The van der Waals surface area contributed by atoms with E-state index in [0.717, 1.165) is 122 Å². The average molecular weight is 970 g/mol. The molecule has 0 aromatic carbocycles. The minimum Gasteiger partial charge on any atom is -0.462 e. The minimum absolute atomic E-state index is 0.0804. The summed E-state index contributed by atoms with van der Waals surface area (Å²) in [6, 6.07) is 0. The Balaban J connectivity index is 3.50. The quantitative estimate of drug-likeness (QED) is 0.0374. The van der Waals surface area contributed by atoms with Crippen LogP contribution < -0.4 is 0 Å². The van der Waals surface area contributed by atoms with Crippen LogP contribution in [0, 0.1) is 0 Å². The van der Waals surface area contributed by atoms with Crippen LogP contribution in [-0.4, -0.2) is 36.4 Å². The first-order valence-corrected chi connectivity index (χ1v) is 29.1. The van der Waals surface area contributed by atoms with Gasteiger partial charge in [-0.3, -0.25) is 9.59 Å². The molecule has 5 nitrogen and oxygen atoms in total. The molecule has 0 aromatic rings. The van der Waals surface area contributed by atoms with Gasteiger partial charge in [0.05, 0.1) is 6.61 Å². The molecule has 398 valence electrons. The van der Waals surface area contributed by atoms with Gasteiger partial charge in [-0.1, -0.05) is 264 Å². The van der Waals surface area contributed by atoms with E-state index in [1.807, 2.05) is 0 Å². The summed E-state index contributed by atoms with van der Waals surface area (Å²) in [5, 5.41) is 9.66. The van der Waals surface area contributed by atoms with Crippen molar-refractivity contribution < 1.29 is 24.2 Å². The zero-order valence-corrected chi connectivity index (χ0v) is 45.5. The van der Waals surface area contributed by atoms with E-state index in [-0.39, 0.29) is 25.2 Å². The number of aliphatic hydroxyl groups is 1. The molecule has 0 fully saturated rings. The van der Waals surface area contributed by atoms with Gasteiger partial charge < -0.3 is 14.6 Å².